The molecular weight excluding hydrogens is 192 g/mol. The molecule has 5 heteroatoms. The maximum atomic E-state index is 9.11. The second kappa shape index (κ2) is 3.58. The van der Waals surface area contributed by atoms with Gasteiger partial charge in [-0.05, 0) is 18.9 Å². The summed E-state index contributed by atoms with van der Waals surface area (Å²) in [4.78, 5) is 5.76. The zero-order valence-corrected chi connectivity index (χ0v) is 8.72. The molecule has 1 aromatic heterocycles. The molecule has 0 amide bonds. The van der Waals surface area contributed by atoms with Gasteiger partial charge in [-0.2, -0.15) is 0 Å². The molecule has 0 atom stereocenters. The molecule has 80 valence electrons. The number of aliphatic hydroxyl groups excluding tert-OH is 1. The first kappa shape index (κ1) is 10.0. The maximum absolute atomic E-state index is 9.11. The highest BCUT2D eigenvalue weighted by Crippen LogP contribution is 2.32. The minimum absolute atomic E-state index is 0.0110. The van der Waals surface area contributed by atoms with Crippen LogP contribution in [0.4, 0.5) is 11.6 Å². The van der Waals surface area contributed by atoms with E-state index in [-0.39, 0.29) is 12.0 Å². The topological polar surface area (TPSA) is 61.6 Å². The fraction of sp³-hybridized carbons (Fsp3) is 0.500. The summed E-state index contributed by atoms with van der Waals surface area (Å²) in [6.45, 7) is 7.28. The molecule has 1 aromatic rings. The van der Waals surface area contributed by atoms with Crippen molar-refractivity contribution in [3.8, 4) is 0 Å². The summed E-state index contributed by atoms with van der Waals surface area (Å²) >= 11 is 0. The minimum atomic E-state index is 0.0110. The molecule has 1 aliphatic heterocycles. The van der Waals surface area contributed by atoms with Gasteiger partial charge in [0, 0.05) is 18.5 Å². The number of hydrogen-bond acceptors (Lipinski definition) is 5. The zero-order chi connectivity index (χ0) is 10.9. The van der Waals surface area contributed by atoms with Gasteiger partial charge in [0.1, 0.15) is 0 Å². The van der Waals surface area contributed by atoms with Crippen molar-refractivity contribution in [2.75, 3.05) is 24.6 Å². The quantitative estimate of drug-likeness (QED) is 0.737. The van der Waals surface area contributed by atoms with E-state index >= 15 is 0 Å². The lowest BCUT2D eigenvalue weighted by molar-refractivity contribution is 0.110. The number of aliphatic hydroxyl groups is 1. The van der Waals surface area contributed by atoms with Gasteiger partial charge in [0.2, 0.25) is 0 Å². The highest BCUT2D eigenvalue weighted by molar-refractivity contribution is 5.46. The van der Waals surface area contributed by atoms with Gasteiger partial charge in [-0.15, -0.1) is 10.2 Å². The van der Waals surface area contributed by atoms with Crippen molar-refractivity contribution in [1.82, 2.24) is 10.2 Å². The van der Waals surface area contributed by atoms with Crippen LogP contribution in [0.5, 0.6) is 0 Å². The first-order valence-electron chi connectivity index (χ1n) is 4.83. The Bertz CT molecular complexity index is 356. The van der Waals surface area contributed by atoms with Crippen LogP contribution in [0.2, 0.25) is 0 Å². The fourth-order valence-electron chi connectivity index (χ4n) is 1.71. The Morgan fingerprint density at radius 1 is 1.53 bits per heavy atom. The fourth-order valence-corrected chi connectivity index (χ4v) is 1.71. The number of anilines is 1. The number of aromatic nitrogens is 2. The molecule has 0 spiro atoms. The largest absolute Gasteiger partial charge is 0.396 e. The molecular formula is C10H14N4O. The minimum Gasteiger partial charge on any atom is -0.396 e. The van der Waals surface area contributed by atoms with Crippen LogP contribution in [-0.4, -0.2) is 41.7 Å². The van der Waals surface area contributed by atoms with E-state index in [1.807, 2.05) is 6.07 Å². The van der Waals surface area contributed by atoms with E-state index in [0.29, 0.717) is 5.82 Å². The van der Waals surface area contributed by atoms with Gasteiger partial charge >= 0.3 is 0 Å². The van der Waals surface area contributed by atoms with Crippen molar-refractivity contribution in [2.45, 2.75) is 6.92 Å². The molecule has 1 saturated heterocycles. The monoisotopic (exact) mass is 206 g/mol. The van der Waals surface area contributed by atoms with E-state index in [1.165, 1.54) is 0 Å². The van der Waals surface area contributed by atoms with Gasteiger partial charge in [-0.3, -0.25) is 0 Å². The first-order chi connectivity index (χ1) is 7.17. The van der Waals surface area contributed by atoms with Crippen LogP contribution < -0.4 is 4.90 Å². The Labute approximate surface area is 88.5 Å². The molecule has 0 saturated carbocycles. The van der Waals surface area contributed by atoms with Crippen LogP contribution in [0.1, 0.15) is 6.92 Å². The Hall–Kier alpha value is -1.49. The van der Waals surface area contributed by atoms with Crippen molar-refractivity contribution in [3.63, 3.8) is 0 Å². The average molecular weight is 206 g/mol. The number of rotatable bonds is 3. The predicted molar refractivity (Wildman–Crippen MR) is 58.6 cm³/mol. The summed E-state index contributed by atoms with van der Waals surface area (Å²) in [7, 11) is 0. The van der Waals surface area contributed by atoms with Crippen LogP contribution in [0.3, 0.4) is 0 Å². The molecule has 1 fully saturated rings. The molecule has 0 bridgehead atoms. The Morgan fingerprint density at radius 3 is 2.73 bits per heavy atom. The lowest BCUT2D eigenvalue weighted by atomic mass is 9.83. The van der Waals surface area contributed by atoms with E-state index in [2.05, 4.69) is 33.7 Å². The zero-order valence-electron chi connectivity index (χ0n) is 8.72. The molecule has 2 heterocycles. The standard InChI is InChI=1S/C10H14N4O/c1-10(7-15)5-14(6-10)9-4-3-8(11-2)12-13-9/h3-4,15H,2,5-7H2,1H3. The van der Waals surface area contributed by atoms with Crippen molar-refractivity contribution in [1.29, 1.82) is 0 Å². The molecule has 2 rings (SSSR count). The normalized spacial score (nSPS) is 18.4. The van der Waals surface area contributed by atoms with Gasteiger partial charge in [-0.25, -0.2) is 4.99 Å². The number of aliphatic imine (C=N–C) groups is 1. The number of hydrogen-bond donors (Lipinski definition) is 1. The molecule has 0 aromatic carbocycles. The van der Waals surface area contributed by atoms with E-state index in [9.17, 15) is 0 Å². The SMILES string of the molecule is C=Nc1ccc(N2CC(C)(CO)C2)nn1. The van der Waals surface area contributed by atoms with Gasteiger partial charge in [-0.1, -0.05) is 6.92 Å². The van der Waals surface area contributed by atoms with Crippen molar-refractivity contribution in [3.05, 3.63) is 12.1 Å². The van der Waals surface area contributed by atoms with E-state index < -0.39 is 0 Å². The third kappa shape index (κ3) is 1.83. The van der Waals surface area contributed by atoms with Gasteiger partial charge in [0.25, 0.3) is 0 Å². The van der Waals surface area contributed by atoms with Gasteiger partial charge < -0.3 is 10.0 Å². The summed E-state index contributed by atoms with van der Waals surface area (Å²) in [5, 5.41) is 17.0. The molecule has 5 nitrogen and oxygen atoms in total. The summed E-state index contributed by atoms with van der Waals surface area (Å²) in [5.41, 5.74) is 0.0110. The van der Waals surface area contributed by atoms with Gasteiger partial charge in [0.05, 0.1) is 6.61 Å². The molecule has 0 unspecified atom stereocenters. The van der Waals surface area contributed by atoms with Crippen molar-refractivity contribution >= 4 is 18.4 Å². The van der Waals surface area contributed by atoms with Crippen LogP contribution in [0.15, 0.2) is 17.1 Å². The van der Waals surface area contributed by atoms with Crippen LogP contribution in [0, 0.1) is 5.41 Å². The van der Waals surface area contributed by atoms with E-state index in [4.69, 9.17) is 5.11 Å². The maximum Gasteiger partial charge on any atom is 0.173 e. The Kier molecular flexibility index (Phi) is 2.40. The summed E-state index contributed by atoms with van der Waals surface area (Å²) < 4.78 is 0. The summed E-state index contributed by atoms with van der Waals surface area (Å²) in [6, 6.07) is 3.65. The number of nitrogens with zero attached hydrogens (tertiary/aromatic N) is 4. The molecule has 1 N–H and O–H groups in total. The Morgan fingerprint density at radius 2 is 2.27 bits per heavy atom. The van der Waals surface area contributed by atoms with Crippen molar-refractivity contribution < 1.29 is 5.11 Å². The first-order valence-corrected chi connectivity index (χ1v) is 4.83. The molecule has 0 radical (unpaired) electrons. The van der Waals surface area contributed by atoms with Crippen LogP contribution in [0.25, 0.3) is 0 Å². The third-order valence-electron chi connectivity index (χ3n) is 2.65. The average Bonchev–Trinajstić information content (AvgIpc) is 2.25. The summed E-state index contributed by atoms with van der Waals surface area (Å²) in [6.07, 6.45) is 0. The molecule has 0 aliphatic carbocycles. The second-order valence-electron chi connectivity index (χ2n) is 4.23. The Balaban J connectivity index is 2.04. The smallest absolute Gasteiger partial charge is 0.173 e. The van der Waals surface area contributed by atoms with Crippen LogP contribution in [-0.2, 0) is 0 Å². The van der Waals surface area contributed by atoms with Crippen molar-refractivity contribution in [2.24, 2.45) is 10.4 Å². The van der Waals surface area contributed by atoms with E-state index in [0.717, 1.165) is 18.9 Å². The van der Waals surface area contributed by atoms with Gasteiger partial charge in [0.15, 0.2) is 11.6 Å². The molecule has 1 aliphatic rings. The lowest BCUT2D eigenvalue weighted by Gasteiger charge is -2.47. The molecule has 15 heavy (non-hydrogen) atoms. The lowest BCUT2D eigenvalue weighted by Crippen LogP contribution is -2.57. The van der Waals surface area contributed by atoms with E-state index in [1.54, 1.807) is 6.07 Å². The predicted octanol–water partition coefficient (Wildman–Crippen LogP) is 0.627. The highest BCUT2D eigenvalue weighted by Gasteiger charge is 2.38. The third-order valence-corrected chi connectivity index (χ3v) is 2.65. The van der Waals surface area contributed by atoms with Crippen LogP contribution >= 0.6 is 0 Å². The summed E-state index contributed by atoms with van der Waals surface area (Å²) in [5.74, 6) is 1.36. The highest BCUT2D eigenvalue weighted by atomic mass is 16.3. The second-order valence-corrected chi connectivity index (χ2v) is 4.23.